The molecule has 2 N–H and O–H groups in total. The lowest BCUT2D eigenvalue weighted by Gasteiger charge is -2.03. The van der Waals surface area contributed by atoms with Crippen LogP contribution < -0.4 is 10.0 Å². The second-order valence-corrected chi connectivity index (χ2v) is 6.74. The van der Waals surface area contributed by atoms with Gasteiger partial charge in [-0.05, 0) is 30.3 Å². The van der Waals surface area contributed by atoms with E-state index in [0.717, 1.165) is 0 Å². The van der Waals surface area contributed by atoms with Crippen LogP contribution in [0.2, 0.25) is 5.02 Å². The zero-order valence-corrected chi connectivity index (χ0v) is 12.8. The van der Waals surface area contributed by atoms with E-state index in [1.165, 1.54) is 12.1 Å². The molecule has 1 aliphatic heterocycles. The summed E-state index contributed by atoms with van der Waals surface area (Å²) in [5.74, 6) is -0.434. The summed E-state index contributed by atoms with van der Waals surface area (Å²) >= 11 is 5.77. The molecule has 2 aromatic rings. The number of sulfonamides is 1. The lowest BCUT2D eigenvalue weighted by Crippen LogP contribution is -2.16. The number of rotatable bonds is 2. The van der Waals surface area contributed by atoms with Crippen LogP contribution in [0.1, 0.15) is 5.56 Å². The van der Waals surface area contributed by atoms with E-state index in [4.69, 9.17) is 11.6 Å². The molecule has 0 aromatic heterocycles. The zero-order valence-electron chi connectivity index (χ0n) is 11.2. The predicted molar refractivity (Wildman–Crippen MR) is 84.8 cm³/mol. The smallest absolute Gasteiger partial charge is 0.262 e. The predicted octanol–water partition coefficient (Wildman–Crippen LogP) is 2.61. The molecule has 0 radical (unpaired) electrons. The quantitative estimate of drug-likeness (QED) is 0.829. The molecule has 112 valence electrons. The van der Waals surface area contributed by atoms with Gasteiger partial charge in [0.15, 0.2) is 0 Å². The number of nitrogens with one attached hydrogen (secondary N) is 2. The fourth-order valence-corrected chi connectivity index (χ4v) is 3.55. The number of amides is 1. The minimum absolute atomic E-state index is 0.167. The summed E-state index contributed by atoms with van der Waals surface area (Å²) in [6.45, 7) is 0. The Labute approximate surface area is 132 Å². The third-order valence-corrected chi connectivity index (χ3v) is 4.77. The number of hydrogen-bond donors (Lipinski definition) is 2. The van der Waals surface area contributed by atoms with Crippen molar-refractivity contribution in [3.8, 4) is 0 Å². The SMILES string of the molecule is O=C(C=C1NS(=O)(=O)c2ccccc21)Nc1ccc(Cl)cc1. The standard InChI is InChI=1S/C15H11ClN2O3S/c16-10-5-7-11(8-6-10)17-15(19)9-13-12-3-1-2-4-14(12)22(20,21)18-13/h1-9,18H,(H,17,19). The van der Waals surface area contributed by atoms with Gasteiger partial charge in [-0.2, -0.15) is 0 Å². The van der Waals surface area contributed by atoms with Crippen molar-refractivity contribution in [3.05, 3.63) is 65.2 Å². The van der Waals surface area contributed by atoms with Crippen LogP contribution in [0.3, 0.4) is 0 Å². The van der Waals surface area contributed by atoms with Gasteiger partial charge in [-0.25, -0.2) is 8.42 Å². The molecular formula is C15H11ClN2O3S. The van der Waals surface area contributed by atoms with Crippen LogP contribution in [0.25, 0.3) is 5.70 Å². The molecule has 1 amide bonds. The summed E-state index contributed by atoms with van der Waals surface area (Å²) in [5, 5.41) is 3.21. The highest BCUT2D eigenvalue weighted by Crippen LogP contribution is 2.29. The third kappa shape index (κ3) is 2.84. The topological polar surface area (TPSA) is 75.3 Å². The molecule has 22 heavy (non-hydrogen) atoms. The van der Waals surface area contributed by atoms with Crippen molar-refractivity contribution >= 4 is 38.9 Å². The van der Waals surface area contributed by atoms with Crippen molar-refractivity contribution in [1.29, 1.82) is 0 Å². The minimum atomic E-state index is -3.59. The Kier molecular flexibility index (Phi) is 3.64. The van der Waals surface area contributed by atoms with Crippen molar-refractivity contribution in [1.82, 2.24) is 4.72 Å². The first-order valence-corrected chi connectivity index (χ1v) is 8.22. The van der Waals surface area contributed by atoms with E-state index >= 15 is 0 Å². The summed E-state index contributed by atoms with van der Waals surface area (Å²) in [4.78, 5) is 12.2. The maximum absolute atomic E-state index is 12.0. The molecule has 2 aromatic carbocycles. The molecule has 0 atom stereocenters. The molecule has 0 bridgehead atoms. The molecule has 3 rings (SSSR count). The van der Waals surface area contributed by atoms with Gasteiger partial charge in [-0.3, -0.25) is 9.52 Å². The molecule has 7 heteroatoms. The summed E-state index contributed by atoms with van der Waals surface area (Å²) in [7, 11) is -3.59. The Hall–Kier alpha value is -2.31. The zero-order chi connectivity index (χ0) is 15.7. The van der Waals surface area contributed by atoms with Gasteiger partial charge in [0.05, 0.1) is 10.6 Å². The normalized spacial score (nSPS) is 16.9. The van der Waals surface area contributed by atoms with E-state index in [1.807, 2.05) is 0 Å². The van der Waals surface area contributed by atoms with Gasteiger partial charge in [0, 0.05) is 22.3 Å². The second-order valence-electron chi connectivity index (χ2n) is 4.66. The van der Waals surface area contributed by atoms with E-state index < -0.39 is 15.9 Å². The van der Waals surface area contributed by atoms with Crippen molar-refractivity contribution in [2.24, 2.45) is 0 Å². The van der Waals surface area contributed by atoms with Crippen molar-refractivity contribution in [3.63, 3.8) is 0 Å². The van der Waals surface area contributed by atoms with Gasteiger partial charge in [0.2, 0.25) is 5.91 Å². The maximum Gasteiger partial charge on any atom is 0.262 e. The Bertz CT molecular complexity index is 874. The van der Waals surface area contributed by atoms with E-state index in [-0.39, 0.29) is 10.6 Å². The fourth-order valence-electron chi connectivity index (χ4n) is 2.13. The minimum Gasteiger partial charge on any atom is -0.322 e. The Balaban J connectivity index is 1.87. The average molecular weight is 335 g/mol. The molecule has 5 nitrogen and oxygen atoms in total. The average Bonchev–Trinajstić information content (AvgIpc) is 2.73. The van der Waals surface area contributed by atoms with Crippen LogP contribution in [0.4, 0.5) is 5.69 Å². The Morgan fingerprint density at radius 3 is 2.50 bits per heavy atom. The monoisotopic (exact) mass is 334 g/mol. The number of hydrogen-bond acceptors (Lipinski definition) is 3. The number of anilines is 1. The van der Waals surface area contributed by atoms with E-state index in [1.54, 1.807) is 42.5 Å². The van der Waals surface area contributed by atoms with Gasteiger partial charge in [0.1, 0.15) is 0 Å². The van der Waals surface area contributed by atoms with Crippen LogP contribution >= 0.6 is 11.6 Å². The molecule has 0 fully saturated rings. The largest absolute Gasteiger partial charge is 0.322 e. The van der Waals surface area contributed by atoms with Crippen LogP contribution in [-0.2, 0) is 14.8 Å². The van der Waals surface area contributed by atoms with Crippen molar-refractivity contribution < 1.29 is 13.2 Å². The molecule has 0 unspecified atom stereocenters. The highest BCUT2D eigenvalue weighted by molar-refractivity contribution is 7.90. The van der Waals surface area contributed by atoms with Gasteiger partial charge < -0.3 is 5.32 Å². The lowest BCUT2D eigenvalue weighted by molar-refractivity contribution is -0.111. The first-order valence-electron chi connectivity index (χ1n) is 6.36. The lowest BCUT2D eigenvalue weighted by atomic mass is 10.1. The van der Waals surface area contributed by atoms with Crippen LogP contribution in [0.5, 0.6) is 0 Å². The first kappa shape index (κ1) is 14.6. The summed E-state index contributed by atoms with van der Waals surface area (Å²) in [5.41, 5.74) is 1.30. The van der Waals surface area contributed by atoms with E-state index in [0.29, 0.717) is 16.3 Å². The molecule has 1 heterocycles. The first-order chi connectivity index (χ1) is 10.5. The Morgan fingerprint density at radius 1 is 1.09 bits per heavy atom. The number of carbonyl (C=O) groups excluding carboxylic acids is 1. The van der Waals surface area contributed by atoms with Crippen LogP contribution in [0, 0.1) is 0 Å². The van der Waals surface area contributed by atoms with Crippen LogP contribution in [0.15, 0.2) is 59.5 Å². The molecule has 1 aliphatic rings. The number of carbonyl (C=O) groups is 1. The summed E-state index contributed by atoms with van der Waals surface area (Å²) in [6.07, 6.45) is 1.22. The van der Waals surface area contributed by atoms with Gasteiger partial charge in [-0.1, -0.05) is 29.8 Å². The maximum atomic E-state index is 12.0. The summed E-state index contributed by atoms with van der Waals surface area (Å²) < 4.78 is 26.3. The fraction of sp³-hybridized carbons (Fsp3) is 0. The number of benzene rings is 2. The second kappa shape index (κ2) is 5.47. The van der Waals surface area contributed by atoms with Gasteiger partial charge in [-0.15, -0.1) is 0 Å². The van der Waals surface area contributed by atoms with Crippen molar-refractivity contribution in [2.45, 2.75) is 4.90 Å². The highest BCUT2D eigenvalue weighted by Gasteiger charge is 2.29. The summed E-state index contributed by atoms with van der Waals surface area (Å²) in [6, 6.07) is 13.1. The van der Waals surface area contributed by atoms with E-state index in [2.05, 4.69) is 10.0 Å². The third-order valence-electron chi connectivity index (χ3n) is 3.10. The van der Waals surface area contributed by atoms with Gasteiger partial charge in [0.25, 0.3) is 10.0 Å². The van der Waals surface area contributed by atoms with Crippen LogP contribution in [-0.4, -0.2) is 14.3 Å². The molecule has 0 saturated carbocycles. The Morgan fingerprint density at radius 2 is 1.77 bits per heavy atom. The molecular weight excluding hydrogens is 324 g/mol. The highest BCUT2D eigenvalue weighted by atomic mass is 35.5. The molecule has 0 spiro atoms. The van der Waals surface area contributed by atoms with Crippen molar-refractivity contribution in [2.75, 3.05) is 5.32 Å². The van der Waals surface area contributed by atoms with E-state index in [9.17, 15) is 13.2 Å². The van der Waals surface area contributed by atoms with Gasteiger partial charge >= 0.3 is 0 Å². The molecule has 0 aliphatic carbocycles. The number of halogens is 1. The molecule has 0 saturated heterocycles. The number of fused-ring (bicyclic) bond motifs is 1.